The highest BCUT2D eigenvalue weighted by Gasteiger charge is 2.29. The summed E-state index contributed by atoms with van der Waals surface area (Å²) in [6.45, 7) is 1.60. The molecule has 2 aromatic heterocycles. The van der Waals surface area contributed by atoms with Crippen LogP contribution in [0.1, 0.15) is 11.8 Å². The highest BCUT2D eigenvalue weighted by Crippen LogP contribution is 2.33. The number of aromatic nitrogens is 4. The normalized spacial score (nSPS) is 16.2. The lowest BCUT2D eigenvalue weighted by atomic mass is 10.0. The van der Waals surface area contributed by atoms with Gasteiger partial charge in [0.1, 0.15) is 18.4 Å². The molecule has 1 amide bonds. The summed E-state index contributed by atoms with van der Waals surface area (Å²) in [5.41, 5.74) is 2.54. The van der Waals surface area contributed by atoms with Crippen molar-refractivity contribution in [3.63, 3.8) is 0 Å². The van der Waals surface area contributed by atoms with Crippen LogP contribution in [0.2, 0.25) is 0 Å². The molecule has 0 spiro atoms. The molecule has 3 aromatic rings. The van der Waals surface area contributed by atoms with E-state index in [1.54, 1.807) is 36.4 Å². The zero-order valence-corrected chi connectivity index (χ0v) is 17.9. The van der Waals surface area contributed by atoms with Gasteiger partial charge in [-0.2, -0.15) is 5.10 Å². The van der Waals surface area contributed by atoms with Gasteiger partial charge in [-0.25, -0.2) is 9.97 Å². The number of anilines is 1. The summed E-state index contributed by atoms with van der Waals surface area (Å²) in [5.74, 6) is 1.34. The molecule has 9 heteroatoms. The van der Waals surface area contributed by atoms with Gasteiger partial charge < -0.3 is 19.3 Å². The fraction of sp³-hybridized carbons (Fsp3) is 0.364. The lowest BCUT2D eigenvalue weighted by molar-refractivity contribution is -0.140. The fourth-order valence-electron chi connectivity index (χ4n) is 3.53. The molecule has 162 valence electrons. The fourth-order valence-corrected chi connectivity index (χ4v) is 3.53. The molecular weight excluding hydrogens is 396 g/mol. The molecule has 9 nitrogen and oxygen atoms in total. The number of methoxy groups -OCH3 is 1. The Labute approximate surface area is 181 Å². The van der Waals surface area contributed by atoms with Crippen LogP contribution in [-0.4, -0.2) is 71.5 Å². The number of morpholine rings is 1. The first kappa shape index (κ1) is 20.8. The van der Waals surface area contributed by atoms with Crippen LogP contribution in [0.4, 0.5) is 5.95 Å². The summed E-state index contributed by atoms with van der Waals surface area (Å²) in [6.07, 6.45) is 4.89. The van der Waals surface area contributed by atoms with Crippen LogP contribution in [0.3, 0.4) is 0 Å². The molecule has 31 heavy (non-hydrogen) atoms. The maximum absolute atomic E-state index is 12.8. The first-order valence-corrected chi connectivity index (χ1v) is 10.1. The second-order valence-electron chi connectivity index (χ2n) is 7.50. The Kier molecular flexibility index (Phi) is 6.13. The molecule has 1 fully saturated rings. The van der Waals surface area contributed by atoms with E-state index < -0.39 is 0 Å². The summed E-state index contributed by atoms with van der Waals surface area (Å²) in [7, 11) is 5.43. The van der Waals surface area contributed by atoms with E-state index in [9.17, 15) is 4.79 Å². The summed E-state index contributed by atoms with van der Waals surface area (Å²) >= 11 is 0. The minimum absolute atomic E-state index is 0.00168. The first-order valence-electron chi connectivity index (χ1n) is 10.1. The predicted octanol–water partition coefficient (Wildman–Crippen LogP) is 2.01. The van der Waals surface area contributed by atoms with E-state index in [1.165, 1.54) is 0 Å². The average molecular weight is 422 g/mol. The lowest BCUT2D eigenvalue weighted by Crippen LogP contribution is -2.44. The number of hydrogen-bond donors (Lipinski definition) is 0. The van der Waals surface area contributed by atoms with Crippen LogP contribution in [0, 0.1) is 0 Å². The molecule has 1 saturated heterocycles. The molecule has 0 radical (unpaired) electrons. The van der Waals surface area contributed by atoms with Crippen LogP contribution in [0.25, 0.3) is 11.1 Å². The Morgan fingerprint density at radius 1 is 1.32 bits per heavy atom. The molecule has 0 bridgehead atoms. The van der Waals surface area contributed by atoms with E-state index in [-0.39, 0.29) is 18.6 Å². The average Bonchev–Trinajstić information content (AvgIpc) is 3.31. The lowest BCUT2D eigenvalue weighted by Gasteiger charge is -2.33. The summed E-state index contributed by atoms with van der Waals surface area (Å²) in [6, 6.07) is 9.56. The van der Waals surface area contributed by atoms with E-state index >= 15 is 0 Å². The van der Waals surface area contributed by atoms with Crippen molar-refractivity contribution >= 4 is 11.9 Å². The number of carbonyl (C=O) groups is 1. The van der Waals surface area contributed by atoms with Crippen LogP contribution in [-0.2, 0) is 16.1 Å². The van der Waals surface area contributed by atoms with Crippen LogP contribution >= 0.6 is 0 Å². The van der Waals surface area contributed by atoms with Gasteiger partial charge in [0.05, 0.1) is 26.0 Å². The molecule has 4 rings (SSSR count). The van der Waals surface area contributed by atoms with Crippen molar-refractivity contribution in [2.24, 2.45) is 0 Å². The second-order valence-corrected chi connectivity index (χ2v) is 7.50. The van der Waals surface area contributed by atoms with Crippen molar-refractivity contribution in [2.75, 3.05) is 45.8 Å². The zero-order valence-electron chi connectivity index (χ0n) is 17.9. The predicted molar refractivity (Wildman–Crippen MR) is 116 cm³/mol. The van der Waals surface area contributed by atoms with Crippen molar-refractivity contribution < 1.29 is 14.3 Å². The minimum atomic E-state index is -0.363. The molecule has 0 saturated carbocycles. The molecule has 1 aliphatic heterocycles. The zero-order chi connectivity index (χ0) is 21.8. The molecule has 1 atom stereocenters. The minimum Gasteiger partial charge on any atom is -0.497 e. The Bertz CT molecular complexity index is 1040. The number of carbonyl (C=O) groups excluding carboxylic acids is 1. The van der Waals surface area contributed by atoms with E-state index in [4.69, 9.17) is 14.5 Å². The third-order valence-electron chi connectivity index (χ3n) is 5.17. The monoisotopic (exact) mass is 422 g/mol. The van der Waals surface area contributed by atoms with Crippen molar-refractivity contribution in [3.8, 4) is 16.9 Å². The Morgan fingerprint density at radius 2 is 2.19 bits per heavy atom. The van der Waals surface area contributed by atoms with Gasteiger partial charge in [-0.05, 0) is 23.8 Å². The largest absolute Gasteiger partial charge is 0.497 e. The first-order chi connectivity index (χ1) is 15.0. The third-order valence-corrected chi connectivity index (χ3v) is 5.17. The summed E-state index contributed by atoms with van der Waals surface area (Å²) in [4.78, 5) is 25.8. The number of ether oxygens (including phenoxy) is 2. The van der Waals surface area contributed by atoms with E-state index in [0.29, 0.717) is 25.6 Å². The van der Waals surface area contributed by atoms with Gasteiger partial charge in [0, 0.05) is 44.8 Å². The highest BCUT2D eigenvalue weighted by molar-refractivity contribution is 5.76. The van der Waals surface area contributed by atoms with Crippen molar-refractivity contribution in [2.45, 2.75) is 12.6 Å². The van der Waals surface area contributed by atoms with Gasteiger partial charge in [-0.3, -0.25) is 9.48 Å². The third kappa shape index (κ3) is 4.66. The molecule has 1 unspecified atom stereocenters. The molecule has 0 aliphatic carbocycles. The number of rotatable bonds is 6. The standard InChI is InChI=1S/C22H26N6O3/c1-26(2)22-23-13-18(16-6-4-7-17(12-16)30-3)21(25-22)19-14-27(10-11-31-19)20(29)15-28-9-5-8-24-28/h4-9,12-13,19H,10-11,14-15H2,1-3H3. The molecular formula is C22H26N6O3. The Balaban J connectivity index is 1.64. The van der Waals surface area contributed by atoms with Gasteiger partial charge in [0.25, 0.3) is 0 Å². The Morgan fingerprint density at radius 3 is 2.94 bits per heavy atom. The SMILES string of the molecule is COc1cccc(-c2cnc(N(C)C)nc2C2CN(C(=O)Cn3cccn3)CCO2)c1. The van der Waals surface area contributed by atoms with Crippen molar-refractivity contribution in [1.82, 2.24) is 24.6 Å². The van der Waals surface area contributed by atoms with E-state index in [2.05, 4.69) is 10.1 Å². The van der Waals surface area contributed by atoms with Gasteiger partial charge in [-0.15, -0.1) is 0 Å². The summed E-state index contributed by atoms with van der Waals surface area (Å²) < 4.78 is 13.1. The number of benzene rings is 1. The van der Waals surface area contributed by atoms with Gasteiger partial charge >= 0.3 is 0 Å². The maximum Gasteiger partial charge on any atom is 0.244 e. The molecule has 1 aliphatic rings. The van der Waals surface area contributed by atoms with Crippen molar-refractivity contribution in [1.29, 1.82) is 0 Å². The molecule has 0 N–H and O–H groups in total. The van der Waals surface area contributed by atoms with Gasteiger partial charge in [-0.1, -0.05) is 12.1 Å². The second kappa shape index (κ2) is 9.13. The maximum atomic E-state index is 12.8. The van der Waals surface area contributed by atoms with Crippen molar-refractivity contribution in [3.05, 3.63) is 54.6 Å². The Hall–Kier alpha value is -3.46. The number of nitrogens with zero attached hydrogens (tertiary/aromatic N) is 6. The summed E-state index contributed by atoms with van der Waals surface area (Å²) in [5, 5.41) is 4.13. The molecule has 1 aromatic carbocycles. The van der Waals surface area contributed by atoms with Crippen LogP contribution in [0.15, 0.2) is 48.9 Å². The van der Waals surface area contributed by atoms with E-state index in [0.717, 1.165) is 22.6 Å². The van der Waals surface area contributed by atoms with Crippen LogP contribution < -0.4 is 9.64 Å². The van der Waals surface area contributed by atoms with Crippen LogP contribution in [0.5, 0.6) is 5.75 Å². The van der Waals surface area contributed by atoms with Gasteiger partial charge in [0.2, 0.25) is 11.9 Å². The van der Waals surface area contributed by atoms with E-state index in [1.807, 2.05) is 48.2 Å². The number of amides is 1. The van der Waals surface area contributed by atoms with Gasteiger partial charge in [0.15, 0.2) is 0 Å². The number of hydrogen-bond acceptors (Lipinski definition) is 7. The topological polar surface area (TPSA) is 85.6 Å². The molecule has 3 heterocycles. The quantitative estimate of drug-likeness (QED) is 0.601. The highest BCUT2D eigenvalue weighted by atomic mass is 16.5. The smallest absolute Gasteiger partial charge is 0.244 e.